The molecule has 112 valence electrons. The number of amides is 2. The molecule has 1 aromatic rings. The van der Waals surface area contributed by atoms with Crippen molar-refractivity contribution in [1.29, 1.82) is 0 Å². The number of anilines is 1. The highest BCUT2D eigenvalue weighted by molar-refractivity contribution is 6.04. The molecule has 1 aromatic carbocycles. The maximum atomic E-state index is 12.4. The molecule has 0 aliphatic carbocycles. The topological polar surface area (TPSA) is 86.7 Å². The fraction of sp³-hybridized carbons (Fsp3) is 0.400. The zero-order chi connectivity index (χ0) is 15.2. The molecule has 21 heavy (non-hydrogen) atoms. The van der Waals surface area contributed by atoms with Gasteiger partial charge in [-0.3, -0.25) is 14.4 Å². The third-order valence-corrected chi connectivity index (χ3v) is 3.39. The number of hydrogen-bond donors (Lipinski definition) is 2. The maximum absolute atomic E-state index is 12.4. The Labute approximate surface area is 122 Å². The predicted octanol–water partition coefficient (Wildman–Crippen LogP) is 1.73. The summed E-state index contributed by atoms with van der Waals surface area (Å²) in [5.74, 6) is -1.52. The molecule has 1 heterocycles. The number of rotatable bonds is 5. The van der Waals surface area contributed by atoms with Crippen molar-refractivity contribution >= 4 is 23.5 Å². The Morgan fingerprint density at radius 1 is 1.10 bits per heavy atom. The van der Waals surface area contributed by atoms with Gasteiger partial charge in [0.05, 0.1) is 17.7 Å². The largest absolute Gasteiger partial charge is 0.481 e. The Hall–Kier alpha value is -2.37. The summed E-state index contributed by atoms with van der Waals surface area (Å²) in [5.41, 5.74) is 0.882. The van der Waals surface area contributed by atoms with Gasteiger partial charge in [-0.05, 0) is 25.0 Å². The van der Waals surface area contributed by atoms with Crippen LogP contribution in [-0.2, 0) is 9.59 Å². The molecule has 0 radical (unpaired) electrons. The molecular formula is C15H18N2O4. The van der Waals surface area contributed by atoms with Crippen LogP contribution in [0.3, 0.4) is 0 Å². The van der Waals surface area contributed by atoms with Crippen LogP contribution in [0.2, 0.25) is 0 Å². The molecule has 1 aliphatic rings. The van der Waals surface area contributed by atoms with Gasteiger partial charge < -0.3 is 15.3 Å². The highest BCUT2D eigenvalue weighted by Gasteiger charge is 2.22. The molecule has 0 aromatic heterocycles. The standard InChI is InChI=1S/C15H18N2O4/c18-13(7-8-14(19)20)16-12-6-2-1-5-11(12)15(21)17-9-3-4-10-17/h1-2,5-6H,3-4,7-10H2,(H,16,18)(H,19,20). The maximum Gasteiger partial charge on any atom is 0.303 e. The summed E-state index contributed by atoms with van der Waals surface area (Å²) in [6, 6.07) is 6.80. The van der Waals surface area contributed by atoms with Crippen LogP contribution in [0.1, 0.15) is 36.0 Å². The van der Waals surface area contributed by atoms with Gasteiger partial charge in [-0.25, -0.2) is 0 Å². The smallest absolute Gasteiger partial charge is 0.303 e. The second kappa shape index (κ2) is 6.88. The minimum atomic E-state index is -1.02. The summed E-state index contributed by atoms with van der Waals surface area (Å²) in [5, 5.41) is 11.2. The fourth-order valence-corrected chi connectivity index (χ4v) is 2.30. The quantitative estimate of drug-likeness (QED) is 0.864. The van der Waals surface area contributed by atoms with Crippen molar-refractivity contribution in [2.45, 2.75) is 25.7 Å². The van der Waals surface area contributed by atoms with Crippen molar-refractivity contribution in [2.75, 3.05) is 18.4 Å². The number of nitrogens with one attached hydrogen (secondary N) is 1. The summed E-state index contributed by atoms with van der Waals surface area (Å²) in [6.07, 6.45) is 1.66. The van der Waals surface area contributed by atoms with Gasteiger partial charge in [-0.2, -0.15) is 0 Å². The first-order valence-corrected chi connectivity index (χ1v) is 6.98. The summed E-state index contributed by atoms with van der Waals surface area (Å²) in [4.78, 5) is 36.3. The first-order valence-electron chi connectivity index (χ1n) is 6.98. The van der Waals surface area contributed by atoms with Crippen molar-refractivity contribution in [3.63, 3.8) is 0 Å². The van der Waals surface area contributed by atoms with Gasteiger partial charge in [0.2, 0.25) is 5.91 Å². The summed E-state index contributed by atoms with van der Waals surface area (Å²) < 4.78 is 0. The van der Waals surface area contributed by atoms with E-state index in [9.17, 15) is 14.4 Å². The minimum Gasteiger partial charge on any atom is -0.481 e. The van der Waals surface area contributed by atoms with Crippen LogP contribution in [0.15, 0.2) is 24.3 Å². The zero-order valence-electron chi connectivity index (χ0n) is 11.7. The predicted molar refractivity (Wildman–Crippen MR) is 77.1 cm³/mol. The zero-order valence-corrected chi connectivity index (χ0v) is 11.7. The molecular weight excluding hydrogens is 272 g/mol. The molecule has 0 saturated carbocycles. The van der Waals surface area contributed by atoms with E-state index >= 15 is 0 Å². The molecule has 1 aliphatic heterocycles. The van der Waals surface area contributed by atoms with Crippen LogP contribution in [0, 0.1) is 0 Å². The Bertz CT molecular complexity index is 550. The first-order chi connectivity index (χ1) is 10.1. The molecule has 0 atom stereocenters. The number of benzene rings is 1. The summed E-state index contributed by atoms with van der Waals surface area (Å²) in [6.45, 7) is 1.47. The van der Waals surface area contributed by atoms with E-state index in [2.05, 4.69) is 5.32 Å². The number of carboxylic acids is 1. The number of nitrogens with zero attached hydrogens (tertiary/aromatic N) is 1. The monoisotopic (exact) mass is 290 g/mol. The van der Waals surface area contributed by atoms with Gasteiger partial charge in [0.15, 0.2) is 0 Å². The second-order valence-corrected chi connectivity index (χ2v) is 4.99. The van der Waals surface area contributed by atoms with Crippen LogP contribution in [0.4, 0.5) is 5.69 Å². The lowest BCUT2D eigenvalue weighted by Crippen LogP contribution is -2.28. The van der Waals surface area contributed by atoms with Gasteiger partial charge in [0.25, 0.3) is 5.91 Å². The van der Waals surface area contributed by atoms with Crippen LogP contribution in [0.25, 0.3) is 0 Å². The molecule has 2 rings (SSSR count). The fourth-order valence-electron chi connectivity index (χ4n) is 2.30. The molecule has 6 nitrogen and oxygen atoms in total. The molecule has 0 bridgehead atoms. The number of carbonyl (C=O) groups is 3. The lowest BCUT2D eigenvalue weighted by Gasteiger charge is -2.17. The van der Waals surface area contributed by atoms with Gasteiger partial charge >= 0.3 is 5.97 Å². The molecule has 2 amide bonds. The van der Waals surface area contributed by atoms with Crippen LogP contribution < -0.4 is 5.32 Å². The average Bonchev–Trinajstić information content (AvgIpc) is 2.99. The number of carbonyl (C=O) groups excluding carboxylic acids is 2. The number of para-hydroxylation sites is 1. The van der Waals surface area contributed by atoms with Crippen molar-refractivity contribution in [3.05, 3.63) is 29.8 Å². The lowest BCUT2D eigenvalue weighted by atomic mass is 10.1. The molecule has 1 saturated heterocycles. The highest BCUT2D eigenvalue weighted by Crippen LogP contribution is 2.20. The third-order valence-electron chi connectivity index (χ3n) is 3.39. The molecule has 1 fully saturated rings. The Kier molecular flexibility index (Phi) is 4.92. The van der Waals surface area contributed by atoms with Crippen LogP contribution in [0.5, 0.6) is 0 Å². The van der Waals surface area contributed by atoms with Crippen molar-refractivity contribution in [2.24, 2.45) is 0 Å². The van der Waals surface area contributed by atoms with E-state index in [4.69, 9.17) is 5.11 Å². The Morgan fingerprint density at radius 2 is 1.76 bits per heavy atom. The van der Waals surface area contributed by atoms with Crippen molar-refractivity contribution < 1.29 is 19.5 Å². The lowest BCUT2D eigenvalue weighted by molar-refractivity contribution is -0.138. The third kappa shape index (κ3) is 4.05. The number of likely N-dealkylation sites (tertiary alicyclic amines) is 1. The minimum absolute atomic E-state index is 0.0957. The summed E-state index contributed by atoms with van der Waals surface area (Å²) >= 11 is 0. The Morgan fingerprint density at radius 3 is 2.43 bits per heavy atom. The molecule has 0 spiro atoms. The number of carboxylic acid groups (broad SMARTS) is 1. The average molecular weight is 290 g/mol. The van der Waals surface area contributed by atoms with Gasteiger partial charge in [-0.1, -0.05) is 12.1 Å². The van der Waals surface area contributed by atoms with E-state index < -0.39 is 11.9 Å². The van der Waals surface area contributed by atoms with E-state index in [0.717, 1.165) is 25.9 Å². The van der Waals surface area contributed by atoms with E-state index in [1.54, 1.807) is 29.2 Å². The van der Waals surface area contributed by atoms with Gasteiger partial charge in [0, 0.05) is 19.5 Å². The first kappa shape index (κ1) is 15.0. The second-order valence-electron chi connectivity index (χ2n) is 4.99. The van der Waals surface area contributed by atoms with E-state index in [-0.39, 0.29) is 18.7 Å². The van der Waals surface area contributed by atoms with E-state index in [1.165, 1.54) is 0 Å². The van der Waals surface area contributed by atoms with Crippen LogP contribution in [-0.4, -0.2) is 40.9 Å². The molecule has 0 unspecified atom stereocenters. The molecule has 2 N–H and O–H groups in total. The summed E-state index contributed by atoms with van der Waals surface area (Å²) in [7, 11) is 0. The Balaban J connectivity index is 2.07. The van der Waals surface area contributed by atoms with Gasteiger partial charge in [0.1, 0.15) is 0 Å². The van der Waals surface area contributed by atoms with Crippen molar-refractivity contribution in [3.8, 4) is 0 Å². The van der Waals surface area contributed by atoms with E-state index in [0.29, 0.717) is 11.3 Å². The van der Waals surface area contributed by atoms with E-state index in [1.807, 2.05) is 0 Å². The highest BCUT2D eigenvalue weighted by atomic mass is 16.4. The van der Waals surface area contributed by atoms with Gasteiger partial charge in [-0.15, -0.1) is 0 Å². The molecule has 6 heteroatoms. The number of hydrogen-bond acceptors (Lipinski definition) is 3. The van der Waals surface area contributed by atoms with Crippen molar-refractivity contribution in [1.82, 2.24) is 4.90 Å². The normalized spacial score (nSPS) is 14.0. The number of aliphatic carboxylic acids is 1. The van der Waals surface area contributed by atoms with Crippen LogP contribution >= 0.6 is 0 Å². The SMILES string of the molecule is O=C(O)CCC(=O)Nc1ccccc1C(=O)N1CCCC1.